The fraction of sp³-hybridized carbons (Fsp3) is 0.615. The second-order valence-electron chi connectivity index (χ2n) is 4.72. The van der Waals surface area contributed by atoms with Crippen molar-refractivity contribution >= 4 is 17.9 Å². The number of likely N-dealkylation sites (tertiary alicyclic amines) is 1. The highest BCUT2D eigenvalue weighted by atomic mass is 16.4. The minimum Gasteiger partial charge on any atom is -0.480 e. The molecule has 0 aromatic rings. The highest BCUT2D eigenvalue weighted by Gasteiger charge is 2.29. The highest BCUT2D eigenvalue weighted by Crippen LogP contribution is 2.18. The minimum atomic E-state index is -1.06. The number of nitrogens with one attached hydrogen (secondary N) is 1. The summed E-state index contributed by atoms with van der Waals surface area (Å²) in [7, 11) is 1.60. The average molecular weight is 283 g/mol. The Balaban J connectivity index is 2.57. The van der Waals surface area contributed by atoms with E-state index in [1.807, 2.05) is 0 Å². The molecule has 0 aromatic carbocycles. The monoisotopic (exact) mass is 283 g/mol. The standard InChI is InChI=1S/C13H21N3O4/c1-3-6-16(9-11(17)18)13(20)15-7-4-10(5-8-15)12(19)14-2/h3,10H,1,4-9H2,2H3,(H,14,19)(H,17,18). The number of rotatable bonds is 5. The van der Waals surface area contributed by atoms with Crippen LogP contribution in [0, 0.1) is 5.92 Å². The molecule has 0 aliphatic carbocycles. The number of hydrogen-bond acceptors (Lipinski definition) is 3. The van der Waals surface area contributed by atoms with E-state index in [0.29, 0.717) is 25.9 Å². The zero-order chi connectivity index (χ0) is 15.1. The van der Waals surface area contributed by atoms with Gasteiger partial charge in [-0.3, -0.25) is 9.59 Å². The van der Waals surface area contributed by atoms with E-state index in [1.165, 1.54) is 11.0 Å². The molecular weight excluding hydrogens is 262 g/mol. The molecule has 0 bridgehead atoms. The molecule has 0 spiro atoms. The molecule has 20 heavy (non-hydrogen) atoms. The molecule has 3 amide bonds. The van der Waals surface area contributed by atoms with Crippen LogP contribution in [-0.4, -0.2) is 66.0 Å². The largest absolute Gasteiger partial charge is 0.480 e. The first-order chi connectivity index (χ1) is 9.49. The van der Waals surface area contributed by atoms with Crippen molar-refractivity contribution in [1.82, 2.24) is 15.1 Å². The Bertz CT molecular complexity index is 389. The molecular formula is C13H21N3O4. The summed E-state index contributed by atoms with van der Waals surface area (Å²) in [5.41, 5.74) is 0. The van der Waals surface area contributed by atoms with E-state index in [1.54, 1.807) is 11.9 Å². The smallest absolute Gasteiger partial charge is 0.323 e. The lowest BCUT2D eigenvalue weighted by Gasteiger charge is -2.34. The Kier molecular flexibility index (Phi) is 6.02. The molecule has 112 valence electrons. The summed E-state index contributed by atoms with van der Waals surface area (Å²) in [4.78, 5) is 37.3. The van der Waals surface area contributed by atoms with Crippen LogP contribution in [0.15, 0.2) is 12.7 Å². The minimum absolute atomic E-state index is 0.00872. The van der Waals surface area contributed by atoms with Gasteiger partial charge in [-0.1, -0.05) is 6.08 Å². The van der Waals surface area contributed by atoms with Crippen molar-refractivity contribution in [3.05, 3.63) is 12.7 Å². The second-order valence-corrected chi connectivity index (χ2v) is 4.72. The molecule has 1 aliphatic heterocycles. The molecule has 1 rings (SSSR count). The lowest BCUT2D eigenvalue weighted by molar-refractivity contribution is -0.137. The molecule has 7 nitrogen and oxygen atoms in total. The molecule has 0 unspecified atom stereocenters. The fourth-order valence-electron chi connectivity index (χ4n) is 2.27. The average Bonchev–Trinajstić information content (AvgIpc) is 2.45. The molecule has 0 radical (unpaired) electrons. The number of urea groups is 1. The zero-order valence-electron chi connectivity index (χ0n) is 11.7. The van der Waals surface area contributed by atoms with Crippen molar-refractivity contribution in [2.75, 3.05) is 33.2 Å². The molecule has 1 saturated heterocycles. The van der Waals surface area contributed by atoms with E-state index in [9.17, 15) is 14.4 Å². The van der Waals surface area contributed by atoms with Gasteiger partial charge in [0.15, 0.2) is 0 Å². The number of carbonyl (C=O) groups is 3. The van der Waals surface area contributed by atoms with Gasteiger partial charge in [-0.05, 0) is 12.8 Å². The van der Waals surface area contributed by atoms with Crippen LogP contribution < -0.4 is 5.32 Å². The van der Waals surface area contributed by atoms with Crippen LogP contribution in [0.2, 0.25) is 0 Å². The summed E-state index contributed by atoms with van der Waals surface area (Å²) >= 11 is 0. The number of hydrogen-bond donors (Lipinski definition) is 2. The van der Waals surface area contributed by atoms with Crippen LogP contribution in [0.3, 0.4) is 0 Å². The Labute approximate surface area is 118 Å². The first kappa shape index (κ1) is 16.0. The van der Waals surface area contributed by atoms with Crippen molar-refractivity contribution in [2.45, 2.75) is 12.8 Å². The maximum Gasteiger partial charge on any atom is 0.323 e. The van der Waals surface area contributed by atoms with Gasteiger partial charge in [-0.2, -0.15) is 0 Å². The van der Waals surface area contributed by atoms with E-state index in [2.05, 4.69) is 11.9 Å². The van der Waals surface area contributed by atoms with Crippen LogP contribution in [0.25, 0.3) is 0 Å². The van der Waals surface area contributed by atoms with E-state index >= 15 is 0 Å². The third kappa shape index (κ3) is 4.25. The SMILES string of the molecule is C=CCN(CC(=O)O)C(=O)N1CCC(C(=O)NC)CC1. The van der Waals surface area contributed by atoms with E-state index in [-0.39, 0.29) is 30.9 Å². The number of nitrogens with zero attached hydrogens (tertiary/aromatic N) is 2. The molecule has 0 aromatic heterocycles. The molecule has 1 heterocycles. The summed E-state index contributed by atoms with van der Waals surface area (Å²) in [6.07, 6.45) is 2.69. The predicted molar refractivity (Wildman–Crippen MR) is 73.2 cm³/mol. The first-order valence-corrected chi connectivity index (χ1v) is 6.57. The van der Waals surface area contributed by atoms with Crippen molar-refractivity contribution in [3.8, 4) is 0 Å². The molecule has 0 atom stereocenters. The van der Waals surface area contributed by atoms with Crippen molar-refractivity contribution in [1.29, 1.82) is 0 Å². The van der Waals surface area contributed by atoms with Crippen LogP contribution in [0.5, 0.6) is 0 Å². The van der Waals surface area contributed by atoms with Crippen LogP contribution in [0.4, 0.5) is 4.79 Å². The van der Waals surface area contributed by atoms with E-state index in [4.69, 9.17) is 5.11 Å². The topological polar surface area (TPSA) is 90.0 Å². The first-order valence-electron chi connectivity index (χ1n) is 6.57. The number of aliphatic carboxylic acids is 1. The third-order valence-electron chi connectivity index (χ3n) is 3.33. The number of amides is 3. The molecule has 2 N–H and O–H groups in total. The lowest BCUT2D eigenvalue weighted by Crippen LogP contribution is -2.49. The fourth-order valence-corrected chi connectivity index (χ4v) is 2.27. The normalized spacial score (nSPS) is 15.6. The molecule has 1 fully saturated rings. The number of carboxylic acids is 1. The van der Waals surface area contributed by atoms with Crippen LogP contribution >= 0.6 is 0 Å². The summed E-state index contributed by atoms with van der Waals surface area (Å²) < 4.78 is 0. The summed E-state index contributed by atoms with van der Waals surface area (Å²) in [6, 6.07) is -0.317. The Hall–Kier alpha value is -2.05. The van der Waals surface area contributed by atoms with Crippen LogP contribution in [0.1, 0.15) is 12.8 Å². The van der Waals surface area contributed by atoms with Gasteiger partial charge in [0, 0.05) is 32.6 Å². The van der Waals surface area contributed by atoms with Gasteiger partial charge in [-0.25, -0.2) is 4.79 Å². The van der Waals surface area contributed by atoms with Crippen LogP contribution in [-0.2, 0) is 9.59 Å². The summed E-state index contributed by atoms with van der Waals surface area (Å²) in [5, 5.41) is 11.4. The van der Waals surface area contributed by atoms with E-state index < -0.39 is 5.97 Å². The van der Waals surface area contributed by atoms with E-state index in [0.717, 1.165) is 0 Å². The van der Waals surface area contributed by atoms with Crippen molar-refractivity contribution in [3.63, 3.8) is 0 Å². The van der Waals surface area contributed by atoms with Gasteiger partial charge >= 0.3 is 12.0 Å². The third-order valence-corrected chi connectivity index (χ3v) is 3.33. The zero-order valence-corrected chi connectivity index (χ0v) is 11.7. The highest BCUT2D eigenvalue weighted by molar-refractivity contribution is 5.81. The van der Waals surface area contributed by atoms with Gasteiger partial charge in [0.05, 0.1) is 0 Å². The molecule has 7 heteroatoms. The predicted octanol–water partition coefficient (Wildman–Crippen LogP) is 0.137. The summed E-state index contributed by atoms with van der Waals surface area (Å²) in [5.74, 6) is -1.14. The van der Waals surface area contributed by atoms with Gasteiger partial charge < -0.3 is 20.2 Å². The summed E-state index contributed by atoms with van der Waals surface area (Å²) in [6.45, 7) is 4.30. The molecule has 0 saturated carbocycles. The van der Waals surface area contributed by atoms with Gasteiger partial charge in [0.25, 0.3) is 0 Å². The van der Waals surface area contributed by atoms with Gasteiger partial charge in [0.1, 0.15) is 6.54 Å². The Morgan fingerprint density at radius 1 is 1.40 bits per heavy atom. The van der Waals surface area contributed by atoms with Gasteiger partial charge in [0.2, 0.25) is 5.91 Å². The lowest BCUT2D eigenvalue weighted by atomic mass is 9.96. The second kappa shape index (κ2) is 7.52. The van der Waals surface area contributed by atoms with Crippen molar-refractivity contribution < 1.29 is 19.5 Å². The quantitative estimate of drug-likeness (QED) is 0.702. The Morgan fingerprint density at radius 2 is 2.00 bits per heavy atom. The maximum absolute atomic E-state index is 12.2. The Morgan fingerprint density at radius 3 is 2.45 bits per heavy atom. The number of carboxylic acid groups (broad SMARTS) is 1. The van der Waals surface area contributed by atoms with Crippen molar-refractivity contribution in [2.24, 2.45) is 5.92 Å². The van der Waals surface area contributed by atoms with Gasteiger partial charge in [-0.15, -0.1) is 6.58 Å². The molecule has 1 aliphatic rings. The maximum atomic E-state index is 12.2. The number of piperidine rings is 1. The number of carbonyl (C=O) groups excluding carboxylic acids is 2.